The number of halogens is 6. The monoisotopic (exact) mass is 1170 g/mol. The van der Waals surface area contributed by atoms with Gasteiger partial charge >= 0.3 is 12.4 Å². The Balaban J connectivity index is 0.000000183. The van der Waals surface area contributed by atoms with Crippen LogP contribution in [0.1, 0.15) is 98.5 Å². The first kappa shape index (κ1) is 62.4. The number of carbonyl (C=O) groups excluding carboxylic acids is 5. The fraction of sp³-hybridized carbons (Fsp3) is 0.190. The molecule has 0 unspecified atom stereocenters. The highest BCUT2D eigenvalue weighted by atomic mass is 19.4. The molecular formula is C63H55F6N7O9. The van der Waals surface area contributed by atoms with Crippen molar-refractivity contribution in [2.75, 3.05) is 5.32 Å². The first-order valence-corrected chi connectivity index (χ1v) is 25.9. The zero-order valence-corrected chi connectivity index (χ0v) is 46.7. The second-order valence-electron chi connectivity index (χ2n) is 20.1. The molecule has 438 valence electrons. The molecule has 16 nitrogen and oxygen atoms in total. The van der Waals surface area contributed by atoms with Crippen LogP contribution in [0, 0.1) is 20.8 Å². The molecule has 4 heterocycles. The van der Waals surface area contributed by atoms with Gasteiger partial charge in [-0.05, 0) is 135 Å². The van der Waals surface area contributed by atoms with E-state index >= 15 is 0 Å². The van der Waals surface area contributed by atoms with Crippen LogP contribution < -0.4 is 35.7 Å². The number of benzene rings is 3. The Bertz CT molecular complexity index is 3860. The molecule has 0 saturated carbocycles. The SMILES string of the molecule is Cc1ccc(Oc2cc(C(C)(C)C)ccc2C(=O)Nc2ccn(C)c(=O)c2)cn1.Cc1ccc(Oc2cc(C(F)(F)F)ccc2C(=O)NC2=CC(=O)CC=C2)cn1.Cc1ncccc1Oc1cc(C(F)(F)F)ccc1C(=O)NC1=CC(=O)CC=C1. The van der Waals surface area contributed by atoms with Crippen molar-refractivity contribution in [3.63, 3.8) is 0 Å². The number of hydrogen-bond acceptors (Lipinski definition) is 12. The average molecular weight is 1170 g/mol. The summed E-state index contributed by atoms with van der Waals surface area (Å²) in [4.78, 5) is 85.1. The number of rotatable bonds is 12. The van der Waals surface area contributed by atoms with Crippen LogP contribution in [0.15, 0.2) is 181 Å². The number of hydrogen-bond donors (Lipinski definition) is 3. The lowest BCUT2D eigenvalue weighted by molar-refractivity contribution is -0.138. The fourth-order valence-electron chi connectivity index (χ4n) is 7.72. The van der Waals surface area contributed by atoms with E-state index in [1.165, 1.54) is 47.3 Å². The van der Waals surface area contributed by atoms with Gasteiger partial charge in [0.25, 0.3) is 23.3 Å². The highest BCUT2D eigenvalue weighted by Crippen LogP contribution is 2.38. The second-order valence-corrected chi connectivity index (χ2v) is 20.1. The van der Waals surface area contributed by atoms with Crippen LogP contribution in [0.4, 0.5) is 32.0 Å². The molecule has 3 amide bonds. The lowest BCUT2D eigenvalue weighted by atomic mass is 9.86. The topological polar surface area (TPSA) is 210 Å². The van der Waals surface area contributed by atoms with Gasteiger partial charge in [0.2, 0.25) is 0 Å². The van der Waals surface area contributed by atoms with Gasteiger partial charge in [-0.1, -0.05) is 39.0 Å². The van der Waals surface area contributed by atoms with Crippen LogP contribution in [0.3, 0.4) is 0 Å². The van der Waals surface area contributed by atoms with Crippen molar-refractivity contribution in [1.29, 1.82) is 0 Å². The number of aryl methyl sites for hydroxylation is 4. The molecule has 0 spiro atoms. The van der Waals surface area contributed by atoms with Gasteiger partial charge in [0.05, 0.1) is 45.9 Å². The van der Waals surface area contributed by atoms with E-state index in [0.717, 1.165) is 47.7 Å². The van der Waals surface area contributed by atoms with E-state index in [-0.39, 0.29) is 86.8 Å². The predicted molar refractivity (Wildman–Crippen MR) is 303 cm³/mol. The molecule has 7 aromatic rings. The lowest BCUT2D eigenvalue weighted by Crippen LogP contribution is -2.24. The Labute approximate surface area is 483 Å². The van der Waals surface area contributed by atoms with E-state index in [2.05, 4.69) is 51.7 Å². The zero-order valence-electron chi connectivity index (χ0n) is 46.7. The smallest absolute Gasteiger partial charge is 0.416 e. The van der Waals surface area contributed by atoms with E-state index in [1.54, 1.807) is 81.9 Å². The molecule has 0 aliphatic heterocycles. The third-order valence-corrected chi connectivity index (χ3v) is 12.3. The quantitative estimate of drug-likeness (QED) is 0.0976. The van der Waals surface area contributed by atoms with Crippen molar-refractivity contribution in [3.05, 3.63) is 237 Å². The van der Waals surface area contributed by atoms with Gasteiger partial charge in [0, 0.05) is 79.0 Å². The second kappa shape index (κ2) is 26.8. The summed E-state index contributed by atoms with van der Waals surface area (Å²) in [5.41, 5.74) is 1.96. The van der Waals surface area contributed by atoms with Crippen molar-refractivity contribution in [2.45, 2.75) is 72.2 Å². The van der Waals surface area contributed by atoms with E-state index < -0.39 is 35.3 Å². The molecule has 0 bridgehead atoms. The molecule has 3 N–H and O–H groups in total. The fourth-order valence-corrected chi connectivity index (χ4v) is 7.72. The van der Waals surface area contributed by atoms with Gasteiger partial charge in [-0.15, -0.1) is 0 Å². The number of ketones is 2. The van der Waals surface area contributed by atoms with Gasteiger partial charge in [-0.2, -0.15) is 26.3 Å². The number of aromatic nitrogens is 4. The number of ether oxygens (including phenoxy) is 3. The number of nitrogens with zero attached hydrogens (tertiary/aromatic N) is 4. The van der Waals surface area contributed by atoms with Gasteiger partial charge in [0.15, 0.2) is 11.6 Å². The van der Waals surface area contributed by atoms with Gasteiger partial charge in [-0.3, -0.25) is 43.7 Å². The molecule has 2 aliphatic rings. The van der Waals surface area contributed by atoms with Crippen LogP contribution in [-0.2, 0) is 34.4 Å². The Hall–Kier alpha value is -10.3. The number of pyridine rings is 4. The third-order valence-electron chi connectivity index (χ3n) is 12.3. The molecule has 0 saturated heterocycles. The zero-order chi connectivity index (χ0) is 61.8. The van der Waals surface area contributed by atoms with E-state index in [1.807, 2.05) is 31.2 Å². The number of allylic oxidation sites excluding steroid dienone is 6. The molecule has 0 fully saturated rings. The van der Waals surface area contributed by atoms with E-state index in [9.17, 15) is 55.1 Å². The van der Waals surface area contributed by atoms with Crippen LogP contribution >= 0.6 is 0 Å². The third kappa shape index (κ3) is 17.6. The molecule has 4 aromatic heterocycles. The lowest BCUT2D eigenvalue weighted by Gasteiger charge is -2.21. The summed E-state index contributed by atoms with van der Waals surface area (Å²) < 4.78 is 97.1. The van der Waals surface area contributed by atoms with Crippen LogP contribution in [0.2, 0.25) is 0 Å². The number of alkyl halides is 6. The van der Waals surface area contributed by atoms with Crippen molar-refractivity contribution in [2.24, 2.45) is 7.05 Å². The molecule has 0 radical (unpaired) electrons. The van der Waals surface area contributed by atoms with Gasteiger partial charge < -0.3 is 34.7 Å². The average Bonchev–Trinajstić information content (AvgIpc) is 2.98. The summed E-state index contributed by atoms with van der Waals surface area (Å²) in [7, 11) is 1.65. The van der Waals surface area contributed by atoms with Gasteiger partial charge in [-0.25, -0.2) is 0 Å². The Morgan fingerprint density at radius 3 is 1.39 bits per heavy atom. The van der Waals surface area contributed by atoms with Crippen molar-refractivity contribution in [3.8, 4) is 34.5 Å². The van der Waals surface area contributed by atoms with Crippen molar-refractivity contribution >= 4 is 35.0 Å². The molecule has 85 heavy (non-hydrogen) atoms. The predicted octanol–water partition coefficient (Wildman–Crippen LogP) is 13.1. The molecule has 3 aromatic carbocycles. The summed E-state index contributed by atoms with van der Waals surface area (Å²) in [5, 5.41) is 7.77. The van der Waals surface area contributed by atoms with Crippen LogP contribution in [0.25, 0.3) is 0 Å². The number of amides is 3. The Morgan fingerprint density at radius 1 is 0.529 bits per heavy atom. The maximum atomic E-state index is 13.1. The molecular weight excluding hydrogens is 1110 g/mol. The normalized spacial score (nSPS) is 13.0. The maximum Gasteiger partial charge on any atom is 0.416 e. The summed E-state index contributed by atoms with van der Waals surface area (Å²) in [5.74, 6) is -1.28. The highest BCUT2D eigenvalue weighted by Gasteiger charge is 2.34. The summed E-state index contributed by atoms with van der Waals surface area (Å²) in [6.07, 6.45) is 6.14. The van der Waals surface area contributed by atoms with Gasteiger partial charge in [0.1, 0.15) is 34.5 Å². The minimum Gasteiger partial charge on any atom is -0.455 e. The summed E-state index contributed by atoms with van der Waals surface area (Å²) >= 11 is 0. The van der Waals surface area contributed by atoms with Crippen LogP contribution in [-0.4, -0.2) is 48.8 Å². The minimum atomic E-state index is -4.60. The molecule has 0 atom stereocenters. The standard InChI is InChI=1S/C23H25N3O3.2C20H15F3N2O3/c1-15-6-8-18(14-24-15)29-20-12-16(23(2,3)4)7-9-19(20)22(28)25-17-10-11-26(5)21(27)13-17;1-12-17(6-3-9-24-12)28-18-10-13(20(21,22)23)7-8-16(18)19(27)25-14-4-2-5-15(26)11-14;1-12-5-7-16(11-24-12)28-18-9-13(20(21,22)23)6-8-17(18)19(27)25-14-3-2-4-15(26)10-14/h6-14H,1-5H3,(H,25,28);2-4,6-11H,5H2,1H3,(H,25,27);2-3,5-11H,4H2,1H3,(H,25,27). The van der Waals surface area contributed by atoms with Crippen LogP contribution in [0.5, 0.6) is 34.5 Å². The summed E-state index contributed by atoms with van der Waals surface area (Å²) in [6.45, 7) is 11.6. The number of carbonyl (C=O) groups is 5. The van der Waals surface area contributed by atoms with Crippen molar-refractivity contribution < 1.29 is 64.5 Å². The highest BCUT2D eigenvalue weighted by molar-refractivity contribution is 6.06. The number of nitrogens with one attached hydrogen (secondary N) is 3. The van der Waals surface area contributed by atoms with E-state index in [0.29, 0.717) is 34.1 Å². The Morgan fingerprint density at radius 2 is 0.976 bits per heavy atom. The number of anilines is 1. The molecule has 2 aliphatic carbocycles. The molecule has 9 rings (SSSR count). The van der Waals surface area contributed by atoms with Crippen molar-refractivity contribution in [1.82, 2.24) is 30.2 Å². The summed E-state index contributed by atoms with van der Waals surface area (Å²) in [6, 6.07) is 23.7. The van der Waals surface area contributed by atoms with E-state index in [4.69, 9.17) is 14.2 Å². The minimum absolute atomic E-state index is 0.107. The Kier molecular flexibility index (Phi) is 19.6. The first-order valence-electron chi connectivity index (χ1n) is 25.9. The first-order chi connectivity index (χ1) is 40.1. The largest absolute Gasteiger partial charge is 0.455 e. The maximum absolute atomic E-state index is 13.1. The molecule has 22 heteroatoms.